The van der Waals surface area contributed by atoms with Crippen molar-refractivity contribution < 1.29 is 14.4 Å². The lowest BCUT2D eigenvalue weighted by molar-refractivity contribution is -0.137. The normalized spacial score (nSPS) is 22.3. The first-order valence-corrected chi connectivity index (χ1v) is 10.3. The highest BCUT2D eigenvalue weighted by Gasteiger charge is 2.42. The van der Waals surface area contributed by atoms with Crippen molar-refractivity contribution in [3.63, 3.8) is 0 Å². The molecular formula is C19H22N6O3S. The predicted molar refractivity (Wildman–Crippen MR) is 109 cm³/mol. The Morgan fingerprint density at radius 2 is 2.14 bits per heavy atom. The number of aryl methyl sites for hydroxylation is 1. The van der Waals surface area contributed by atoms with Gasteiger partial charge in [-0.1, -0.05) is 0 Å². The van der Waals surface area contributed by atoms with E-state index in [0.29, 0.717) is 35.9 Å². The molecule has 0 bridgehead atoms. The number of fused-ring (bicyclic) bond motifs is 1. The lowest BCUT2D eigenvalue weighted by Gasteiger charge is -2.39. The van der Waals surface area contributed by atoms with Crippen molar-refractivity contribution >= 4 is 40.0 Å². The number of aromatic nitrogens is 2. The molecule has 152 valence electrons. The summed E-state index contributed by atoms with van der Waals surface area (Å²) in [4.78, 5) is 48.9. The second-order valence-electron chi connectivity index (χ2n) is 7.34. The van der Waals surface area contributed by atoms with Crippen molar-refractivity contribution in [1.82, 2.24) is 20.2 Å². The van der Waals surface area contributed by atoms with Gasteiger partial charge < -0.3 is 20.9 Å². The lowest BCUT2D eigenvalue weighted by atomic mass is 9.97. The number of amides is 3. The van der Waals surface area contributed by atoms with Crippen LogP contribution in [0.3, 0.4) is 0 Å². The van der Waals surface area contributed by atoms with Gasteiger partial charge in [0.25, 0.3) is 5.91 Å². The number of hydrogen-bond acceptors (Lipinski definition) is 7. The van der Waals surface area contributed by atoms with E-state index < -0.39 is 11.7 Å². The van der Waals surface area contributed by atoms with E-state index in [2.05, 4.69) is 25.9 Å². The molecule has 2 aliphatic heterocycles. The summed E-state index contributed by atoms with van der Waals surface area (Å²) < 4.78 is 0. The Kier molecular flexibility index (Phi) is 4.95. The molecule has 0 saturated carbocycles. The van der Waals surface area contributed by atoms with E-state index >= 15 is 0 Å². The number of rotatable bonds is 3. The summed E-state index contributed by atoms with van der Waals surface area (Å²) in [5.41, 5.74) is -0.275. The molecule has 2 aromatic rings. The number of nitrogens with zero attached hydrogens (tertiary/aromatic N) is 3. The van der Waals surface area contributed by atoms with Gasteiger partial charge in [0.1, 0.15) is 17.5 Å². The first-order chi connectivity index (χ1) is 13.9. The molecule has 0 radical (unpaired) electrons. The maximum absolute atomic E-state index is 12.7. The van der Waals surface area contributed by atoms with Gasteiger partial charge in [-0.3, -0.25) is 14.4 Å². The van der Waals surface area contributed by atoms with Gasteiger partial charge in [-0.15, -0.1) is 11.3 Å². The molecule has 3 N–H and O–H groups in total. The summed E-state index contributed by atoms with van der Waals surface area (Å²) in [6.45, 7) is 3.95. The number of pyridine rings is 1. The Labute approximate surface area is 171 Å². The van der Waals surface area contributed by atoms with Gasteiger partial charge in [0, 0.05) is 36.7 Å². The largest absolute Gasteiger partial charge is 0.347 e. The van der Waals surface area contributed by atoms with Gasteiger partial charge in [-0.05, 0) is 32.4 Å². The molecule has 4 heterocycles. The van der Waals surface area contributed by atoms with Crippen LogP contribution in [0.5, 0.6) is 0 Å². The summed E-state index contributed by atoms with van der Waals surface area (Å²) in [7, 11) is 0. The van der Waals surface area contributed by atoms with Gasteiger partial charge in [-0.2, -0.15) is 0 Å². The summed E-state index contributed by atoms with van der Waals surface area (Å²) in [6, 6.07) is 2.77. The molecule has 0 unspecified atom stereocenters. The van der Waals surface area contributed by atoms with E-state index in [9.17, 15) is 14.4 Å². The molecule has 3 amide bonds. The number of anilines is 2. The standard InChI is InChI=1S/C19H22N6O3S/c1-11-10-21-18(29-11)22-16(27)12(2)25-9-7-19(6-5-14(25)26)23-15-13(17(28)24-19)4-3-8-20-15/h3-4,8,10,12H,5-7,9H2,1-2H3,(H,20,23)(H,24,28)(H,21,22,27)/t12-,19+/m0/s1. The van der Waals surface area contributed by atoms with Crippen LogP contribution < -0.4 is 16.0 Å². The van der Waals surface area contributed by atoms with Crippen LogP contribution in [0.4, 0.5) is 10.9 Å². The van der Waals surface area contributed by atoms with Crippen molar-refractivity contribution in [3.05, 3.63) is 35.0 Å². The van der Waals surface area contributed by atoms with Gasteiger partial charge in [0.05, 0.1) is 5.56 Å². The number of carbonyl (C=O) groups excluding carboxylic acids is 3. The minimum atomic E-state index is -0.758. The quantitative estimate of drug-likeness (QED) is 0.704. The Balaban J connectivity index is 1.48. The van der Waals surface area contributed by atoms with Gasteiger partial charge in [0.15, 0.2) is 5.13 Å². The zero-order valence-corrected chi connectivity index (χ0v) is 17.0. The predicted octanol–water partition coefficient (Wildman–Crippen LogP) is 1.74. The summed E-state index contributed by atoms with van der Waals surface area (Å²) >= 11 is 1.39. The van der Waals surface area contributed by atoms with E-state index in [1.54, 1.807) is 36.4 Å². The summed E-state index contributed by atoms with van der Waals surface area (Å²) in [5.74, 6) is -0.0984. The molecule has 1 fully saturated rings. The monoisotopic (exact) mass is 414 g/mol. The molecule has 2 aromatic heterocycles. The molecule has 4 rings (SSSR count). The zero-order valence-electron chi connectivity index (χ0n) is 16.2. The highest BCUT2D eigenvalue weighted by Crippen LogP contribution is 2.31. The van der Waals surface area contributed by atoms with Crippen LogP contribution in [0, 0.1) is 6.92 Å². The van der Waals surface area contributed by atoms with Crippen LogP contribution in [-0.2, 0) is 9.59 Å². The van der Waals surface area contributed by atoms with Crippen LogP contribution in [0.1, 0.15) is 41.4 Å². The Morgan fingerprint density at radius 3 is 2.90 bits per heavy atom. The molecule has 2 aliphatic rings. The van der Waals surface area contributed by atoms with E-state index in [4.69, 9.17) is 0 Å². The third kappa shape index (κ3) is 3.80. The zero-order chi connectivity index (χ0) is 20.6. The first kappa shape index (κ1) is 19.3. The molecule has 2 atom stereocenters. The van der Waals surface area contributed by atoms with Crippen molar-refractivity contribution in [1.29, 1.82) is 0 Å². The Morgan fingerprint density at radius 1 is 1.31 bits per heavy atom. The fraction of sp³-hybridized carbons (Fsp3) is 0.421. The van der Waals surface area contributed by atoms with Crippen molar-refractivity contribution in [2.24, 2.45) is 0 Å². The second-order valence-corrected chi connectivity index (χ2v) is 8.57. The third-order valence-corrected chi connectivity index (χ3v) is 6.15. The average molecular weight is 414 g/mol. The molecule has 0 aliphatic carbocycles. The van der Waals surface area contributed by atoms with Gasteiger partial charge in [-0.25, -0.2) is 9.97 Å². The second kappa shape index (κ2) is 7.43. The fourth-order valence-corrected chi connectivity index (χ4v) is 4.35. The van der Waals surface area contributed by atoms with E-state index in [0.717, 1.165) is 4.88 Å². The number of likely N-dealkylation sites (tertiary alicyclic amines) is 1. The van der Waals surface area contributed by atoms with Crippen LogP contribution in [-0.4, -0.2) is 50.8 Å². The fourth-order valence-electron chi connectivity index (χ4n) is 3.68. The average Bonchev–Trinajstić information content (AvgIpc) is 3.04. The lowest BCUT2D eigenvalue weighted by Crippen LogP contribution is -2.58. The van der Waals surface area contributed by atoms with Crippen molar-refractivity contribution in [2.45, 2.75) is 44.8 Å². The van der Waals surface area contributed by atoms with Crippen LogP contribution >= 0.6 is 11.3 Å². The Bertz CT molecular complexity index is 976. The summed E-state index contributed by atoms with van der Waals surface area (Å²) in [5, 5.41) is 9.59. The minimum Gasteiger partial charge on any atom is -0.347 e. The van der Waals surface area contributed by atoms with Crippen molar-refractivity contribution in [2.75, 3.05) is 17.2 Å². The highest BCUT2D eigenvalue weighted by atomic mass is 32.1. The van der Waals surface area contributed by atoms with Gasteiger partial charge in [0.2, 0.25) is 11.8 Å². The Hall–Kier alpha value is -3.01. The summed E-state index contributed by atoms with van der Waals surface area (Å²) in [6.07, 6.45) is 4.41. The van der Waals surface area contributed by atoms with E-state index in [1.807, 2.05) is 6.92 Å². The van der Waals surface area contributed by atoms with Gasteiger partial charge >= 0.3 is 0 Å². The van der Waals surface area contributed by atoms with Crippen LogP contribution in [0.2, 0.25) is 0 Å². The molecular weight excluding hydrogens is 392 g/mol. The smallest absolute Gasteiger partial charge is 0.256 e. The first-order valence-electron chi connectivity index (χ1n) is 9.45. The van der Waals surface area contributed by atoms with Crippen molar-refractivity contribution in [3.8, 4) is 0 Å². The number of nitrogens with one attached hydrogen (secondary N) is 3. The third-order valence-electron chi connectivity index (χ3n) is 5.33. The topological polar surface area (TPSA) is 116 Å². The SMILES string of the molecule is Cc1cnc(NC(=O)[C@H](C)N2CC[C@@]3(CCC2=O)NC(=O)c2cccnc2N3)s1. The minimum absolute atomic E-state index is 0.122. The highest BCUT2D eigenvalue weighted by molar-refractivity contribution is 7.15. The molecule has 29 heavy (non-hydrogen) atoms. The maximum atomic E-state index is 12.7. The number of thiazole rings is 1. The van der Waals surface area contributed by atoms with E-state index in [-0.39, 0.29) is 24.1 Å². The molecule has 1 spiro atoms. The number of hydrogen-bond donors (Lipinski definition) is 3. The molecule has 1 saturated heterocycles. The number of carbonyl (C=O) groups is 3. The van der Waals surface area contributed by atoms with E-state index in [1.165, 1.54) is 11.3 Å². The molecule has 9 nitrogen and oxygen atoms in total. The molecule has 0 aromatic carbocycles. The maximum Gasteiger partial charge on any atom is 0.256 e. The van der Waals surface area contributed by atoms with Crippen LogP contribution in [0.25, 0.3) is 0 Å². The van der Waals surface area contributed by atoms with Crippen LogP contribution in [0.15, 0.2) is 24.5 Å². The molecule has 10 heteroatoms.